The Balaban J connectivity index is 1.38. The Hall–Kier alpha value is -2.44. The normalized spacial score (nSPS) is 21.7. The highest BCUT2D eigenvalue weighted by atomic mass is 35.5. The van der Waals surface area contributed by atoms with Gasteiger partial charge in [0.2, 0.25) is 0 Å². The maximum Gasteiger partial charge on any atom is 0.126 e. The molecule has 3 heterocycles. The molecule has 0 atom stereocenters. The Morgan fingerprint density at radius 1 is 1.14 bits per heavy atom. The van der Waals surface area contributed by atoms with E-state index in [4.69, 9.17) is 26.4 Å². The van der Waals surface area contributed by atoms with Crippen LogP contribution in [-0.2, 0) is 4.74 Å². The van der Waals surface area contributed by atoms with Crippen molar-refractivity contribution in [3.8, 4) is 17.3 Å². The molecule has 8 nitrogen and oxygen atoms in total. The molecule has 2 fully saturated rings. The molecule has 4 rings (SSSR count). The van der Waals surface area contributed by atoms with Crippen LogP contribution in [0.2, 0.25) is 5.02 Å². The average molecular weight is 499 g/mol. The third-order valence-corrected chi connectivity index (χ3v) is 7.32. The van der Waals surface area contributed by atoms with E-state index >= 15 is 0 Å². The molecule has 4 N–H and O–H groups in total. The monoisotopic (exact) mass is 498 g/mol. The first-order valence-corrected chi connectivity index (χ1v) is 13.0. The van der Waals surface area contributed by atoms with Gasteiger partial charge < -0.3 is 25.8 Å². The topological polar surface area (TPSA) is 115 Å². The summed E-state index contributed by atoms with van der Waals surface area (Å²) in [5.41, 5.74) is 1.17. The summed E-state index contributed by atoms with van der Waals surface area (Å²) >= 11 is 6.52. The lowest BCUT2D eigenvalue weighted by molar-refractivity contribution is 0.0455. The third-order valence-electron chi connectivity index (χ3n) is 7.02. The van der Waals surface area contributed by atoms with Crippen molar-refractivity contribution in [1.82, 2.24) is 15.3 Å². The van der Waals surface area contributed by atoms with E-state index in [9.17, 15) is 5.26 Å². The Labute approximate surface area is 212 Å². The molecule has 188 valence electrons. The van der Waals surface area contributed by atoms with Crippen LogP contribution in [0.15, 0.2) is 30.5 Å². The molecule has 1 aliphatic carbocycles. The largest absolute Gasteiger partial charge is 0.396 e. The first-order valence-electron chi connectivity index (χ1n) is 12.6. The van der Waals surface area contributed by atoms with Crippen LogP contribution in [0.25, 0.3) is 11.3 Å². The summed E-state index contributed by atoms with van der Waals surface area (Å²) < 4.78 is 5.43. The van der Waals surface area contributed by atoms with Gasteiger partial charge in [-0.05, 0) is 69.7 Å². The number of aliphatic hydroxyl groups is 1. The van der Waals surface area contributed by atoms with Crippen molar-refractivity contribution in [3.63, 3.8) is 0 Å². The molecule has 0 spiro atoms. The van der Waals surface area contributed by atoms with Crippen molar-refractivity contribution in [1.29, 1.82) is 5.26 Å². The van der Waals surface area contributed by atoms with Crippen LogP contribution < -0.4 is 16.0 Å². The fraction of sp³-hybridized carbons (Fsp3) is 0.577. The molecule has 1 aliphatic heterocycles. The molecular weight excluding hydrogens is 464 g/mol. The van der Waals surface area contributed by atoms with Crippen molar-refractivity contribution in [2.24, 2.45) is 5.41 Å². The maximum atomic E-state index is 9.71. The van der Waals surface area contributed by atoms with Gasteiger partial charge in [-0.2, -0.15) is 5.26 Å². The summed E-state index contributed by atoms with van der Waals surface area (Å²) in [4.78, 5) is 9.27. The molecule has 0 amide bonds. The van der Waals surface area contributed by atoms with Crippen LogP contribution in [0.1, 0.15) is 44.9 Å². The van der Waals surface area contributed by atoms with Crippen molar-refractivity contribution in [2.45, 2.75) is 57.0 Å². The van der Waals surface area contributed by atoms with E-state index in [0.29, 0.717) is 36.9 Å². The smallest absolute Gasteiger partial charge is 0.126 e. The van der Waals surface area contributed by atoms with Crippen molar-refractivity contribution in [3.05, 3.63) is 35.5 Å². The van der Waals surface area contributed by atoms with Crippen molar-refractivity contribution >= 4 is 23.2 Å². The summed E-state index contributed by atoms with van der Waals surface area (Å²) in [5, 5.41) is 29.7. The predicted molar refractivity (Wildman–Crippen MR) is 138 cm³/mol. The summed E-state index contributed by atoms with van der Waals surface area (Å²) in [5.74, 6) is 1.52. The fourth-order valence-corrected chi connectivity index (χ4v) is 4.98. The number of hydrogen-bond donors (Lipinski definition) is 4. The van der Waals surface area contributed by atoms with E-state index in [0.717, 1.165) is 74.4 Å². The van der Waals surface area contributed by atoms with E-state index in [1.54, 1.807) is 6.20 Å². The number of ether oxygens (including phenoxy) is 1. The molecule has 0 unspecified atom stereocenters. The van der Waals surface area contributed by atoms with Crippen molar-refractivity contribution < 1.29 is 9.84 Å². The molecule has 0 bridgehead atoms. The molecule has 9 heteroatoms. The molecule has 1 saturated heterocycles. The zero-order valence-corrected chi connectivity index (χ0v) is 20.9. The van der Waals surface area contributed by atoms with E-state index in [2.05, 4.69) is 27.0 Å². The molecule has 2 aliphatic rings. The van der Waals surface area contributed by atoms with Gasteiger partial charge in [0.15, 0.2) is 0 Å². The van der Waals surface area contributed by atoms with E-state index in [-0.39, 0.29) is 6.61 Å². The highest BCUT2D eigenvalue weighted by Gasteiger charge is 2.32. The highest BCUT2D eigenvalue weighted by Crippen LogP contribution is 2.32. The molecule has 35 heavy (non-hydrogen) atoms. The number of nitrogens with zero attached hydrogens (tertiary/aromatic N) is 3. The lowest BCUT2D eigenvalue weighted by Crippen LogP contribution is -2.37. The number of aromatic nitrogens is 2. The quantitative estimate of drug-likeness (QED) is 0.360. The predicted octanol–water partition coefficient (Wildman–Crippen LogP) is 4.22. The molecule has 0 radical (unpaired) electrons. The van der Waals surface area contributed by atoms with Gasteiger partial charge in [0.1, 0.15) is 11.6 Å². The minimum absolute atomic E-state index is 0.234. The van der Waals surface area contributed by atoms with Gasteiger partial charge in [0.05, 0.1) is 22.2 Å². The zero-order chi connectivity index (χ0) is 24.5. The number of rotatable bonds is 10. The van der Waals surface area contributed by atoms with E-state index < -0.39 is 5.41 Å². The molecule has 2 aromatic heterocycles. The van der Waals surface area contributed by atoms with Crippen LogP contribution in [0.5, 0.6) is 0 Å². The van der Waals surface area contributed by atoms with Crippen LogP contribution >= 0.6 is 11.6 Å². The maximum absolute atomic E-state index is 9.71. The minimum Gasteiger partial charge on any atom is -0.396 e. The van der Waals surface area contributed by atoms with Crippen molar-refractivity contribution in [2.75, 3.05) is 43.5 Å². The van der Waals surface area contributed by atoms with Crippen LogP contribution in [0, 0.1) is 16.7 Å². The Bertz CT molecular complexity index is 1000. The number of halogens is 1. The van der Waals surface area contributed by atoms with E-state index in [1.807, 2.05) is 24.3 Å². The Morgan fingerprint density at radius 3 is 2.66 bits per heavy atom. The molecular formula is C26H35ClN6O2. The molecule has 1 saturated carbocycles. The second kappa shape index (κ2) is 12.5. The number of aliphatic hydroxyl groups excluding tert-OH is 1. The number of nitrogens with one attached hydrogen (secondary N) is 3. The summed E-state index contributed by atoms with van der Waals surface area (Å²) in [6.45, 7) is 2.88. The minimum atomic E-state index is -0.422. The standard InChI is InChI=1S/C26H35ClN6O2/c27-22-16-30-25(32-20-7-5-19(6-8-20)29-11-2-12-34)15-21(22)23-3-1-4-24(33-23)31-18-26(17-28)9-13-35-14-10-26/h1,3-4,15-16,19-20,29,34H,2,5-14,18H2,(H,30,32)(H,31,33)/t19-,20-. The first kappa shape index (κ1) is 25.6. The Kier molecular flexibility index (Phi) is 9.16. The van der Waals surface area contributed by atoms with Gasteiger partial charge >= 0.3 is 0 Å². The number of nitriles is 1. The lowest BCUT2D eigenvalue weighted by Gasteiger charge is -2.30. The van der Waals surface area contributed by atoms with Gasteiger partial charge in [0, 0.05) is 50.2 Å². The zero-order valence-electron chi connectivity index (χ0n) is 20.1. The van der Waals surface area contributed by atoms with Crippen LogP contribution in [0.3, 0.4) is 0 Å². The summed E-state index contributed by atoms with van der Waals surface area (Å²) in [6.07, 6.45) is 8.28. The highest BCUT2D eigenvalue weighted by molar-refractivity contribution is 6.33. The Morgan fingerprint density at radius 2 is 1.91 bits per heavy atom. The second-order valence-corrected chi connectivity index (χ2v) is 9.95. The van der Waals surface area contributed by atoms with Gasteiger partial charge in [-0.1, -0.05) is 17.7 Å². The average Bonchev–Trinajstić information content (AvgIpc) is 2.90. The lowest BCUT2D eigenvalue weighted by atomic mass is 9.82. The van der Waals surface area contributed by atoms with Crippen LogP contribution in [-0.4, -0.2) is 60.1 Å². The van der Waals surface area contributed by atoms with Gasteiger partial charge in [0.25, 0.3) is 0 Å². The number of hydrogen-bond acceptors (Lipinski definition) is 8. The fourth-order valence-electron chi connectivity index (χ4n) is 4.78. The second-order valence-electron chi connectivity index (χ2n) is 9.54. The van der Waals surface area contributed by atoms with Gasteiger partial charge in [-0.3, -0.25) is 0 Å². The first-order chi connectivity index (χ1) is 17.1. The third kappa shape index (κ3) is 7.05. The molecule has 0 aromatic carbocycles. The SMILES string of the molecule is N#CC1(CNc2cccc(-c3cc(N[C@H]4CC[C@H](NCCCO)CC4)ncc3Cl)n2)CCOCC1. The molecule has 2 aromatic rings. The summed E-state index contributed by atoms with van der Waals surface area (Å²) in [6, 6.07) is 11.1. The summed E-state index contributed by atoms with van der Waals surface area (Å²) in [7, 11) is 0. The van der Waals surface area contributed by atoms with Gasteiger partial charge in [-0.15, -0.1) is 0 Å². The van der Waals surface area contributed by atoms with E-state index in [1.165, 1.54) is 0 Å². The number of pyridine rings is 2. The number of anilines is 2. The van der Waals surface area contributed by atoms with Crippen LogP contribution in [0.4, 0.5) is 11.6 Å². The van der Waals surface area contributed by atoms with Gasteiger partial charge in [-0.25, -0.2) is 9.97 Å².